The van der Waals surface area contributed by atoms with Crippen molar-refractivity contribution in [3.05, 3.63) is 28.8 Å². The molecule has 1 unspecified atom stereocenters. The molecule has 1 atom stereocenters. The molecule has 0 bridgehead atoms. The Balaban J connectivity index is 2.10. The van der Waals surface area contributed by atoms with Crippen LogP contribution in [0.3, 0.4) is 0 Å². The standard InChI is InChI=1S/C14H22ClN3/c1-17(2)12-6-8-18(10-12)14-4-3-11(5-7-16)9-13(14)15/h3-4,9,12H,5-8,10,16H2,1-2H3. The quantitative estimate of drug-likeness (QED) is 0.906. The Kier molecular flexibility index (Phi) is 4.49. The van der Waals surface area contributed by atoms with E-state index in [1.54, 1.807) is 0 Å². The van der Waals surface area contributed by atoms with Gasteiger partial charge >= 0.3 is 0 Å². The fraction of sp³-hybridized carbons (Fsp3) is 0.571. The molecule has 1 aromatic carbocycles. The molecule has 4 heteroatoms. The molecule has 0 aliphatic carbocycles. The summed E-state index contributed by atoms with van der Waals surface area (Å²) < 4.78 is 0. The van der Waals surface area contributed by atoms with E-state index < -0.39 is 0 Å². The van der Waals surface area contributed by atoms with Gasteiger partial charge in [-0.1, -0.05) is 17.7 Å². The molecule has 0 saturated carbocycles. The molecule has 0 aromatic heterocycles. The summed E-state index contributed by atoms with van der Waals surface area (Å²) >= 11 is 6.38. The summed E-state index contributed by atoms with van der Waals surface area (Å²) in [6.45, 7) is 2.81. The zero-order valence-corrected chi connectivity index (χ0v) is 12.0. The van der Waals surface area contributed by atoms with Crippen LogP contribution in [0, 0.1) is 0 Å². The van der Waals surface area contributed by atoms with Crippen molar-refractivity contribution in [2.75, 3.05) is 38.6 Å². The third kappa shape index (κ3) is 2.97. The topological polar surface area (TPSA) is 32.5 Å². The second-order valence-electron chi connectivity index (χ2n) is 5.18. The van der Waals surface area contributed by atoms with Gasteiger partial charge in [-0.3, -0.25) is 0 Å². The van der Waals surface area contributed by atoms with E-state index in [4.69, 9.17) is 17.3 Å². The van der Waals surface area contributed by atoms with Gasteiger partial charge in [0, 0.05) is 19.1 Å². The monoisotopic (exact) mass is 267 g/mol. The maximum atomic E-state index is 6.38. The summed E-state index contributed by atoms with van der Waals surface area (Å²) in [6, 6.07) is 6.94. The number of hydrogen-bond donors (Lipinski definition) is 1. The maximum absolute atomic E-state index is 6.38. The molecule has 1 heterocycles. The first-order valence-corrected chi connectivity index (χ1v) is 6.89. The Labute approximate surface area is 115 Å². The first-order valence-electron chi connectivity index (χ1n) is 6.51. The number of hydrogen-bond acceptors (Lipinski definition) is 3. The third-order valence-corrected chi connectivity index (χ3v) is 3.98. The molecule has 100 valence electrons. The molecule has 1 fully saturated rings. The van der Waals surface area contributed by atoms with Crippen molar-refractivity contribution in [1.29, 1.82) is 0 Å². The van der Waals surface area contributed by atoms with Crippen LogP contribution in [0.5, 0.6) is 0 Å². The number of benzene rings is 1. The van der Waals surface area contributed by atoms with E-state index >= 15 is 0 Å². The molecule has 0 spiro atoms. The van der Waals surface area contributed by atoms with Crippen molar-refractivity contribution >= 4 is 17.3 Å². The van der Waals surface area contributed by atoms with Crippen LogP contribution in [0.4, 0.5) is 5.69 Å². The largest absolute Gasteiger partial charge is 0.369 e. The highest BCUT2D eigenvalue weighted by atomic mass is 35.5. The minimum atomic E-state index is 0.629. The lowest BCUT2D eigenvalue weighted by molar-refractivity contribution is 0.315. The van der Waals surface area contributed by atoms with Crippen LogP contribution in [0.15, 0.2) is 18.2 Å². The third-order valence-electron chi connectivity index (χ3n) is 3.68. The Hall–Kier alpha value is -0.770. The van der Waals surface area contributed by atoms with Gasteiger partial charge in [-0.05, 0) is 51.2 Å². The van der Waals surface area contributed by atoms with Crippen molar-refractivity contribution in [2.45, 2.75) is 18.9 Å². The van der Waals surface area contributed by atoms with Crippen molar-refractivity contribution in [3.63, 3.8) is 0 Å². The zero-order chi connectivity index (χ0) is 13.1. The van der Waals surface area contributed by atoms with Crippen LogP contribution >= 0.6 is 11.6 Å². The number of halogens is 1. The number of nitrogens with zero attached hydrogens (tertiary/aromatic N) is 2. The summed E-state index contributed by atoms with van der Waals surface area (Å²) in [6.07, 6.45) is 2.09. The Bertz CT molecular complexity index is 406. The maximum Gasteiger partial charge on any atom is 0.0642 e. The van der Waals surface area contributed by atoms with Crippen molar-refractivity contribution in [1.82, 2.24) is 4.90 Å². The van der Waals surface area contributed by atoms with Crippen LogP contribution in [-0.4, -0.2) is 44.7 Å². The van der Waals surface area contributed by atoms with E-state index in [1.807, 2.05) is 6.07 Å². The highest BCUT2D eigenvalue weighted by Crippen LogP contribution is 2.30. The molecular formula is C14H22ClN3. The Morgan fingerprint density at radius 1 is 1.44 bits per heavy atom. The van der Waals surface area contributed by atoms with Gasteiger partial charge in [0.25, 0.3) is 0 Å². The fourth-order valence-electron chi connectivity index (χ4n) is 2.51. The first kappa shape index (κ1) is 13.7. The second kappa shape index (κ2) is 5.91. The summed E-state index contributed by atoms with van der Waals surface area (Å²) in [5.41, 5.74) is 7.93. The average Bonchev–Trinajstić information content (AvgIpc) is 2.79. The number of likely N-dealkylation sites (N-methyl/N-ethyl adjacent to an activating group) is 1. The summed E-state index contributed by atoms with van der Waals surface area (Å²) in [5.74, 6) is 0. The first-order chi connectivity index (χ1) is 8.61. The summed E-state index contributed by atoms with van der Waals surface area (Å²) in [4.78, 5) is 4.66. The molecule has 18 heavy (non-hydrogen) atoms. The van der Waals surface area contributed by atoms with Gasteiger partial charge in [-0.25, -0.2) is 0 Å². The lowest BCUT2D eigenvalue weighted by atomic mass is 10.1. The van der Waals surface area contributed by atoms with Crippen LogP contribution < -0.4 is 10.6 Å². The highest BCUT2D eigenvalue weighted by molar-refractivity contribution is 6.33. The van der Waals surface area contributed by atoms with Crippen LogP contribution in [0.2, 0.25) is 5.02 Å². The molecular weight excluding hydrogens is 246 g/mol. The van der Waals surface area contributed by atoms with Crippen LogP contribution in [0.1, 0.15) is 12.0 Å². The zero-order valence-electron chi connectivity index (χ0n) is 11.2. The normalized spacial score (nSPS) is 19.8. The fourth-order valence-corrected chi connectivity index (χ4v) is 2.83. The van der Waals surface area contributed by atoms with E-state index in [0.717, 1.165) is 30.2 Å². The summed E-state index contributed by atoms with van der Waals surface area (Å²) in [5, 5.41) is 0.848. The average molecular weight is 268 g/mol. The molecule has 1 saturated heterocycles. The van der Waals surface area contributed by atoms with Crippen molar-refractivity contribution < 1.29 is 0 Å². The van der Waals surface area contributed by atoms with E-state index in [9.17, 15) is 0 Å². The van der Waals surface area contributed by atoms with Gasteiger partial charge in [0.05, 0.1) is 10.7 Å². The van der Waals surface area contributed by atoms with Crippen LogP contribution in [0.25, 0.3) is 0 Å². The Morgan fingerprint density at radius 3 is 2.78 bits per heavy atom. The molecule has 1 aromatic rings. The smallest absolute Gasteiger partial charge is 0.0642 e. The van der Waals surface area contributed by atoms with Gasteiger partial charge in [0.1, 0.15) is 0 Å². The minimum absolute atomic E-state index is 0.629. The van der Waals surface area contributed by atoms with Gasteiger partial charge in [0.15, 0.2) is 0 Å². The molecule has 0 amide bonds. The highest BCUT2D eigenvalue weighted by Gasteiger charge is 2.25. The lowest BCUT2D eigenvalue weighted by Gasteiger charge is -2.23. The number of anilines is 1. The predicted octanol–water partition coefficient (Wildman–Crippen LogP) is 1.98. The van der Waals surface area contributed by atoms with Gasteiger partial charge in [-0.15, -0.1) is 0 Å². The number of nitrogens with two attached hydrogens (primary N) is 1. The van der Waals surface area contributed by atoms with Crippen molar-refractivity contribution in [2.24, 2.45) is 5.73 Å². The predicted molar refractivity (Wildman–Crippen MR) is 78.5 cm³/mol. The molecule has 3 nitrogen and oxygen atoms in total. The molecule has 1 aliphatic heterocycles. The van der Waals surface area contributed by atoms with E-state index in [2.05, 4.69) is 36.0 Å². The molecule has 0 radical (unpaired) electrons. The second-order valence-corrected chi connectivity index (χ2v) is 5.58. The van der Waals surface area contributed by atoms with Crippen molar-refractivity contribution in [3.8, 4) is 0 Å². The van der Waals surface area contributed by atoms with Gasteiger partial charge < -0.3 is 15.5 Å². The summed E-state index contributed by atoms with van der Waals surface area (Å²) in [7, 11) is 4.28. The van der Waals surface area contributed by atoms with E-state index in [0.29, 0.717) is 12.6 Å². The molecule has 2 N–H and O–H groups in total. The van der Waals surface area contributed by atoms with E-state index in [1.165, 1.54) is 12.0 Å². The Morgan fingerprint density at radius 2 is 2.22 bits per heavy atom. The molecule has 2 rings (SSSR count). The van der Waals surface area contributed by atoms with Gasteiger partial charge in [0.2, 0.25) is 0 Å². The van der Waals surface area contributed by atoms with Gasteiger partial charge in [-0.2, -0.15) is 0 Å². The van der Waals surface area contributed by atoms with Crippen LogP contribution in [-0.2, 0) is 6.42 Å². The SMILES string of the molecule is CN(C)C1CCN(c2ccc(CCN)cc2Cl)C1. The van der Waals surface area contributed by atoms with E-state index in [-0.39, 0.29) is 0 Å². The molecule has 1 aliphatic rings. The number of rotatable bonds is 4. The lowest BCUT2D eigenvalue weighted by Crippen LogP contribution is -2.31. The minimum Gasteiger partial charge on any atom is -0.369 e.